The molecular formula is C21H31N5O6S. The lowest BCUT2D eigenvalue weighted by atomic mass is 10.1. The van der Waals surface area contributed by atoms with Crippen LogP contribution in [-0.2, 0) is 14.8 Å². The van der Waals surface area contributed by atoms with Crippen molar-refractivity contribution in [2.75, 3.05) is 18.8 Å². The van der Waals surface area contributed by atoms with E-state index in [0.717, 1.165) is 12.8 Å². The van der Waals surface area contributed by atoms with Crippen LogP contribution in [0.2, 0.25) is 0 Å². The van der Waals surface area contributed by atoms with Gasteiger partial charge in [-0.15, -0.1) is 0 Å². The molecule has 1 aromatic carbocycles. The van der Waals surface area contributed by atoms with Gasteiger partial charge in [-0.25, -0.2) is 13.1 Å². The van der Waals surface area contributed by atoms with E-state index >= 15 is 0 Å². The number of hydrogen-bond donors (Lipinski definition) is 4. The molecule has 1 aromatic heterocycles. The first kappa shape index (κ1) is 26.4. The van der Waals surface area contributed by atoms with Crippen molar-refractivity contribution in [3.05, 3.63) is 35.7 Å². The summed E-state index contributed by atoms with van der Waals surface area (Å²) in [6, 6.07) is 5.79. The van der Waals surface area contributed by atoms with Crippen LogP contribution in [-0.4, -0.2) is 54.4 Å². The number of sulfonamides is 1. The molecule has 5 N–H and O–H groups in total. The molecule has 0 aliphatic carbocycles. The molecule has 1 amide bonds. The summed E-state index contributed by atoms with van der Waals surface area (Å²) < 4.78 is 32.9. The van der Waals surface area contributed by atoms with Crippen LogP contribution in [0.4, 0.5) is 0 Å². The zero-order chi connectivity index (χ0) is 24.3. The van der Waals surface area contributed by atoms with Gasteiger partial charge in [-0.2, -0.15) is 4.98 Å². The molecule has 12 heteroatoms. The molecule has 182 valence electrons. The molecular weight excluding hydrogens is 450 g/mol. The third kappa shape index (κ3) is 8.91. The quantitative estimate of drug-likeness (QED) is 0.276. The maximum Gasteiger partial charge on any atom is 0.305 e. The molecule has 11 nitrogen and oxygen atoms in total. The number of rotatable bonds is 15. The van der Waals surface area contributed by atoms with Gasteiger partial charge < -0.3 is 20.7 Å². The molecule has 0 saturated carbocycles. The molecule has 0 saturated heterocycles. The largest absolute Gasteiger partial charge is 0.481 e. The lowest BCUT2D eigenvalue weighted by Crippen LogP contribution is -2.31. The minimum atomic E-state index is -3.52. The van der Waals surface area contributed by atoms with Gasteiger partial charge >= 0.3 is 5.97 Å². The standard InChI is InChI=1S/C21H31N5O6S/c1-2-3-13-33(30,31)26-17(9-4-5-11-22)21-24-19(25-32-21)15-7-6-8-16(14-15)20(29)23-12-10-18(27)28/h6-8,14,17,26H,2-5,9-13,22H2,1H3,(H,23,29)(H,27,28)/t17-/m0/s1. The van der Waals surface area contributed by atoms with Crippen LogP contribution >= 0.6 is 0 Å². The van der Waals surface area contributed by atoms with Crippen LogP contribution < -0.4 is 15.8 Å². The number of carbonyl (C=O) groups is 2. The van der Waals surface area contributed by atoms with E-state index in [0.29, 0.717) is 36.9 Å². The summed E-state index contributed by atoms with van der Waals surface area (Å²) in [5.41, 5.74) is 6.37. The summed E-state index contributed by atoms with van der Waals surface area (Å²) in [7, 11) is -3.52. The number of carboxylic acids is 1. The Morgan fingerprint density at radius 3 is 2.73 bits per heavy atom. The van der Waals surface area contributed by atoms with Gasteiger partial charge in [0.1, 0.15) is 6.04 Å². The monoisotopic (exact) mass is 481 g/mol. The van der Waals surface area contributed by atoms with Gasteiger partial charge in [0, 0.05) is 17.7 Å². The van der Waals surface area contributed by atoms with Crippen LogP contribution in [0.1, 0.15) is 67.7 Å². The van der Waals surface area contributed by atoms with E-state index < -0.39 is 27.9 Å². The Hall–Kier alpha value is -2.83. The topological polar surface area (TPSA) is 178 Å². The molecule has 0 aliphatic rings. The van der Waals surface area contributed by atoms with Crippen LogP contribution in [0.25, 0.3) is 11.4 Å². The lowest BCUT2D eigenvalue weighted by Gasteiger charge is -2.15. The zero-order valence-electron chi connectivity index (χ0n) is 18.6. The lowest BCUT2D eigenvalue weighted by molar-refractivity contribution is -0.136. The second kappa shape index (κ2) is 13.0. The van der Waals surface area contributed by atoms with E-state index in [9.17, 15) is 18.0 Å². The summed E-state index contributed by atoms with van der Waals surface area (Å²) in [6.07, 6.45) is 2.98. The van der Waals surface area contributed by atoms with Crippen molar-refractivity contribution in [3.8, 4) is 11.4 Å². The van der Waals surface area contributed by atoms with Gasteiger partial charge in [-0.05, 0) is 37.9 Å². The summed E-state index contributed by atoms with van der Waals surface area (Å²) in [5.74, 6) is -1.07. The molecule has 2 aromatic rings. The molecule has 0 fully saturated rings. The highest BCUT2D eigenvalue weighted by molar-refractivity contribution is 7.89. The molecule has 0 bridgehead atoms. The van der Waals surface area contributed by atoms with Crippen LogP contribution in [0.5, 0.6) is 0 Å². The fourth-order valence-corrected chi connectivity index (χ4v) is 4.45. The Morgan fingerprint density at radius 1 is 1.24 bits per heavy atom. The van der Waals surface area contributed by atoms with Crippen LogP contribution in [0, 0.1) is 0 Å². The van der Waals surface area contributed by atoms with E-state index in [1.54, 1.807) is 24.3 Å². The van der Waals surface area contributed by atoms with Crippen molar-refractivity contribution < 1.29 is 27.6 Å². The normalized spacial score (nSPS) is 12.4. The predicted molar refractivity (Wildman–Crippen MR) is 122 cm³/mol. The SMILES string of the molecule is CCCCS(=O)(=O)N[C@@H](CCCCN)c1nc(-c2cccc(C(=O)NCCC(=O)O)c2)no1. The Bertz CT molecular complexity index is 1020. The van der Waals surface area contributed by atoms with Crippen molar-refractivity contribution in [1.29, 1.82) is 0 Å². The van der Waals surface area contributed by atoms with Gasteiger partial charge in [0.25, 0.3) is 5.91 Å². The third-order valence-corrected chi connectivity index (χ3v) is 6.25. The second-order valence-electron chi connectivity index (χ2n) is 7.56. The van der Waals surface area contributed by atoms with Crippen molar-refractivity contribution in [3.63, 3.8) is 0 Å². The van der Waals surface area contributed by atoms with E-state index in [-0.39, 0.29) is 30.4 Å². The Balaban J connectivity index is 2.18. The number of carbonyl (C=O) groups excluding carboxylic acids is 1. The average Bonchev–Trinajstić information content (AvgIpc) is 3.27. The predicted octanol–water partition coefficient (Wildman–Crippen LogP) is 1.83. The van der Waals surface area contributed by atoms with E-state index in [1.165, 1.54) is 0 Å². The van der Waals surface area contributed by atoms with Gasteiger partial charge in [-0.1, -0.05) is 37.1 Å². The van der Waals surface area contributed by atoms with E-state index in [1.807, 2.05) is 6.92 Å². The van der Waals surface area contributed by atoms with Crippen molar-refractivity contribution in [2.24, 2.45) is 5.73 Å². The number of aromatic nitrogens is 2. The van der Waals surface area contributed by atoms with Gasteiger partial charge in [0.15, 0.2) is 0 Å². The first-order valence-corrected chi connectivity index (χ1v) is 12.5. The minimum absolute atomic E-state index is 0.00735. The molecule has 1 atom stereocenters. The molecule has 0 unspecified atom stereocenters. The second-order valence-corrected chi connectivity index (χ2v) is 9.44. The van der Waals surface area contributed by atoms with Gasteiger partial charge in [-0.3, -0.25) is 9.59 Å². The number of nitrogens with zero attached hydrogens (tertiary/aromatic N) is 2. The summed E-state index contributed by atoms with van der Waals surface area (Å²) in [6.45, 7) is 2.41. The van der Waals surface area contributed by atoms with Gasteiger partial charge in [0.05, 0.1) is 12.2 Å². The number of nitrogens with two attached hydrogens (primary N) is 1. The summed E-state index contributed by atoms with van der Waals surface area (Å²) >= 11 is 0. The number of nitrogens with one attached hydrogen (secondary N) is 2. The van der Waals surface area contributed by atoms with Crippen molar-refractivity contribution in [2.45, 2.75) is 51.5 Å². The highest BCUT2D eigenvalue weighted by Crippen LogP contribution is 2.23. The number of benzene rings is 1. The number of aliphatic carboxylic acids is 1. The highest BCUT2D eigenvalue weighted by atomic mass is 32.2. The Kier molecular flexibility index (Phi) is 10.4. The van der Waals surface area contributed by atoms with Crippen molar-refractivity contribution >= 4 is 21.9 Å². The molecule has 0 spiro atoms. The molecule has 33 heavy (non-hydrogen) atoms. The first-order chi connectivity index (χ1) is 15.8. The van der Waals surface area contributed by atoms with Gasteiger partial charge in [0.2, 0.25) is 21.7 Å². The molecule has 1 heterocycles. The summed E-state index contributed by atoms with van der Waals surface area (Å²) in [5, 5.41) is 15.2. The number of unbranched alkanes of at least 4 members (excludes halogenated alkanes) is 2. The Labute approximate surface area is 193 Å². The Morgan fingerprint density at radius 2 is 2.03 bits per heavy atom. The smallest absolute Gasteiger partial charge is 0.305 e. The third-order valence-electron chi connectivity index (χ3n) is 4.78. The fraction of sp³-hybridized carbons (Fsp3) is 0.524. The number of carboxylic acid groups (broad SMARTS) is 1. The van der Waals surface area contributed by atoms with E-state index in [2.05, 4.69) is 20.2 Å². The van der Waals surface area contributed by atoms with E-state index in [4.69, 9.17) is 15.4 Å². The molecule has 2 rings (SSSR count). The number of hydrogen-bond acceptors (Lipinski definition) is 8. The average molecular weight is 482 g/mol. The first-order valence-electron chi connectivity index (χ1n) is 10.9. The molecule has 0 radical (unpaired) electrons. The highest BCUT2D eigenvalue weighted by Gasteiger charge is 2.24. The number of amides is 1. The maximum absolute atomic E-state index is 12.4. The zero-order valence-corrected chi connectivity index (χ0v) is 19.4. The fourth-order valence-electron chi connectivity index (χ4n) is 3.01. The van der Waals surface area contributed by atoms with Crippen LogP contribution in [0.3, 0.4) is 0 Å². The molecule has 0 aliphatic heterocycles. The maximum atomic E-state index is 12.4. The van der Waals surface area contributed by atoms with Crippen molar-refractivity contribution in [1.82, 2.24) is 20.2 Å². The van der Waals surface area contributed by atoms with Crippen LogP contribution in [0.15, 0.2) is 28.8 Å². The minimum Gasteiger partial charge on any atom is -0.481 e. The summed E-state index contributed by atoms with van der Waals surface area (Å²) in [4.78, 5) is 27.2.